The maximum atomic E-state index is 10.9. The number of aromatic nitrogens is 2. The number of hydrogen-bond donors (Lipinski definition) is 1. The highest BCUT2D eigenvalue weighted by atomic mass is 32.2. The molecule has 21 heavy (non-hydrogen) atoms. The summed E-state index contributed by atoms with van der Waals surface area (Å²) >= 11 is 1.57. The summed E-state index contributed by atoms with van der Waals surface area (Å²) in [6, 6.07) is 7.70. The molecule has 0 bridgehead atoms. The largest absolute Gasteiger partial charge is 0.412 e. The van der Waals surface area contributed by atoms with Gasteiger partial charge >= 0.3 is 0 Å². The zero-order valence-electron chi connectivity index (χ0n) is 11.2. The second-order valence-electron chi connectivity index (χ2n) is 4.52. The molecule has 2 aromatic heterocycles. The first-order valence-corrected chi connectivity index (χ1v) is 8.46. The van der Waals surface area contributed by atoms with Crippen LogP contribution < -0.4 is 0 Å². The number of nitrogens with zero attached hydrogens (tertiary/aromatic N) is 2. The highest BCUT2D eigenvalue weighted by Crippen LogP contribution is 2.31. The molecule has 0 unspecified atom stereocenters. The third-order valence-corrected chi connectivity index (χ3v) is 4.73. The SMILES string of the molecule is Cc1nc2c(CCS(=O)(=O)O)nc3ccccc3c2s1.O. The fourth-order valence-corrected chi connectivity index (χ4v) is 3.59. The number of thiazole rings is 1. The van der Waals surface area contributed by atoms with Crippen LogP contribution in [0.25, 0.3) is 21.1 Å². The van der Waals surface area contributed by atoms with E-state index in [1.807, 2.05) is 31.2 Å². The summed E-state index contributed by atoms with van der Waals surface area (Å²) in [6.45, 7) is 1.91. The van der Waals surface area contributed by atoms with Crippen molar-refractivity contribution in [1.82, 2.24) is 9.97 Å². The van der Waals surface area contributed by atoms with Crippen molar-refractivity contribution in [2.75, 3.05) is 5.75 Å². The molecule has 0 aliphatic heterocycles. The standard InChI is InChI=1S/C13H12N2O3S2.H2O/c1-8-14-12-11(6-7-20(16,17)18)15-10-5-3-2-4-9(10)13(12)19-8;/h2-5H,6-7H2,1H3,(H,16,17,18);1H2. The number of fused-ring (bicyclic) bond motifs is 3. The first kappa shape index (κ1) is 15.8. The topological polar surface area (TPSA) is 112 Å². The summed E-state index contributed by atoms with van der Waals surface area (Å²) in [4.78, 5) is 8.93. The lowest BCUT2D eigenvalue weighted by atomic mass is 10.1. The fraction of sp³-hybridized carbons (Fsp3) is 0.231. The van der Waals surface area contributed by atoms with Gasteiger partial charge < -0.3 is 5.48 Å². The number of benzene rings is 1. The number of pyridine rings is 1. The number of para-hydroxylation sites is 1. The molecule has 0 aliphatic rings. The molecule has 0 saturated carbocycles. The van der Waals surface area contributed by atoms with Crippen molar-refractivity contribution in [1.29, 1.82) is 0 Å². The van der Waals surface area contributed by atoms with Gasteiger partial charge in [-0.15, -0.1) is 11.3 Å². The number of rotatable bonds is 3. The highest BCUT2D eigenvalue weighted by molar-refractivity contribution is 7.85. The summed E-state index contributed by atoms with van der Waals surface area (Å²) in [7, 11) is -4.00. The van der Waals surface area contributed by atoms with Gasteiger partial charge in [-0.3, -0.25) is 9.54 Å². The van der Waals surface area contributed by atoms with E-state index < -0.39 is 10.1 Å². The molecule has 3 rings (SSSR count). The van der Waals surface area contributed by atoms with E-state index >= 15 is 0 Å². The Bertz CT molecular complexity index is 903. The summed E-state index contributed by atoms with van der Waals surface area (Å²) in [5.74, 6) is -0.343. The average Bonchev–Trinajstić information content (AvgIpc) is 2.77. The van der Waals surface area contributed by atoms with Gasteiger partial charge in [-0.25, -0.2) is 4.98 Å². The monoisotopic (exact) mass is 326 g/mol. The fourth-order valence-electron chi connectivity index (χ4n) is 2.17. The zero-order valence-corrected chi connectivity index (χ0v) is 12.8. The van der Waals surface area contributed by atoms with Crippen LogP contribution in [0.3, 0.4) is 0 Å². The van der Waals surface area contributed by atoms with Gasteiger partial charge in [-0.05, 0) is 13.0 Å². The van der Waals surface area contributed by atoms with Crippen LogP contribution in [0.5, 0.6) is 0 Å². The molecule has 0 amide bonds. The van der Waals surface area contributed by atoms with Gasteiger partial charge in [0.1, 0.15) is 5.52 Å². The van der Waals surface area contributed by atoms with E-state index in [0.29, 0.717) is 5.69 Å². The second kappa shape index (κ2) is 5.64. The van der Waals surface area contributed by atoms with Gasteiger partial charge in [0.25, 0.3) is 10.1 Å². The third kappa shape index (κ3) is 3.18. The van der Waals surface area contributed by atoms with E-state index in [9.17, 15) is 8.42 Å². The molecule has 0 aliphatic carbocycles. The van der Waals surface area contributed by atoms with Crippen molar-refractivity contribution in [2.45, 2.75) is 13.3 Å². The Balaban J connectivity index is 0.00000161. The molecule has 3 N–H and O–H groups in total. The van der Waals surface area contributed by atoms with Crippen molar-refractivity contribution in [3.63, 3.8) is 0 Å². The Morgan fingerprint density at radius 3 is 2.67 bits per heavy atom. The van der Waals surface area contributed by atoms with E-state index in [2.05, 4.69) is 9.97 Å². The Morgan fingerprint density at radius 2 is 1.95 bits per heavy atom. The Labute approximate surface area is 125 Å². The minimum atomic E-state index is -4.00. The maximum absolute atomic E-state index is 10.9. The molecule has 6 nitrogen and oxygen atoms in total. The molecule has 0 radical (unpaired) electrons. The number of aryl methyl sites for hydroxylation is 2. The normalized spacial score (nSPS) is 11.7. The van der Waals surface area contributed by atoms with Gasteiger partial charge in [0.15, 0.2) is 0 Å². The third-order valence-electron chi connectivity index (χ3n) is 3.01. The van der Waals surface area contributed by atoms with E-state index in [4.69, 9.17) is 4.55 Å². The lowest BCUT2D eigenvalue weighted by Crippen LogP contribution is -2.08. The van der Waals surface area contributed by atoms with Crippen LogP contribution >= 0.6 is 11.3 Å². The first-order valence-electron chi connectivity index (χ1n) is 6.04. The van der Waals surface area contributed by atoms with Crippen LogP contribution in [0.15, 0.2) is 24.3 Å². The molecular weight excluding hydrogens is 312 g/mol. The summed E-state index contributed by atoms with van der Waals surface area (Å²) in [5.41, 5.74) is 2.16. The molecule has 0 saturated heterocycles. The van der Waals surface area contributed by atoms with Gasteiger partial charge in [0.05, 0.1) is 26.7 Å². The summed E-state index contributed by atoms with van der Waals surface area (Å²) in [5, 5.41) is 1.93. The Morgan fingerprint density at radius 1 is 1.24 bits per heavy atom. The van der Waals surface area contributed by atoms with Gasteiger partial charge in [-0.1, -0.05) is 18.2 Å². The van der Waals surface area contributed by atoms with Crippen molar-refractivity contribution >= 4 is 42.6 Å². The maximum Gasteiger partial charge on any atom is 0.265 e. The van der Waals surface area contributed by atoms with E-state index in [1.165, 1.54) is 0 Å². The van der Waals surface area contributed by atoms with Crippen LogP contribution in [0.4, 0.5) is 0 Å². The molecule has 0 atom stereocenters. The van der Waals surface area contributed by atoms with E-state index in [-0.39, 0.29) is 17.6 Å². The lowest BCUT2D eigenvalue weighted by molar-refractivity contribution is 0.482. The zero-order chi connectivity index (χ0) is 14.3. The van der Waals surface area contributed by atoms with E-state index in [0.717, 1.165) is 26.1 Å². The van der Waals surface area contributed by atoms with Crippen molar-refractivity contribution in [3.05, 3.63) is 35.0 Å². The summed E-state index contributed by atoms with van der Waals surface area (Å²) in [6.07, 6.45) is 0.156. The van der Waals surface area contributed by atoms with Gasteiger partial charge in [0.2, 0.25) is 0 Å². The molecule has 0 spiro atoms. The first-order chi connectivity index (χ1) is 9.44. The van der Waals surface area contributed by atoms with E-state index in [1.54, 1.807) is 11.3 Å². The Kier molecular flexibility index (Phi) is 4.24. The van der Waals surface area contributed by atoms with Crippen LogP contribution in [-0.4, -0.2) is 34.2 Å². The van der Waals surface area contributed by atoms with Crippen LogP contribution in [-0.2, 0) is 16.5 Å². The van der Waals surface area contributed by atoms with Gasteiger partial charge in [0, 0.05) is 11.8 Å². The minimum Gasteiger partial charge on any atom is -0.412 e. The highest BCUT2D eigenvalue weighted by Gasteiger charge is 2.14. The van der Waals surface area contributed by atoms with Crippen LogP contribution in [0.2, 0.25) is 0 Å². The quantitative estimate of drug-likeness (QED) is 0.737. The molecule has 2 heterocycles. The molecule has 0 fully saturated rings. The van der Waals surface area contributed by atoms with Crippen LogP contribution in [0.1, 0.15) is 10.7 Å². The predicted octanol–water partition coefficient (Wildman–Crippen LogP) is 1.76. The van der Waals surface area contributed by atoms with Crippen molar-refractivity contribution in [2.24, 2.45) is 0 Å². The van der Waals surface area contributed by atoms with Crippen LogP contribution in [0, 0.1) is 6.92 Å². The second-order valence-corrected chi connectivity index (χ2v) is 7.30. The smallest absolute Gasteiger partial charge is 0.265 e. The van der Waals surface area contributed by atoms with Gasteiger partial charge in [-0.2, -0.15) is 8.42 Å². The average molecular weight is 326 g/mol. The van der Waals surface area contributed by atoms with Crippen molar-refractivity contribution in [3.8, 4) is 0 Å². The Hall–Kier alpha value is -1.61. The molecule has 1 aromatic carbocycles. The number of hydrogen-bond acceptors (Lipinski definition) is 5. The van der Waals surface area contributed by atoms with Crippen molar-refractivity contribution < 1.29 is 18.4 Å². The molecular formula is C13H14N2O4S2. The molecule has 112 valence electrons. The molecule has 3 aromatic rings. The summed E-state index contributed by atoms with van der Waals surface area (Å²) < 4.78 is 31.7. The predicted molar refractivity (Wildman–Crippen MR) is 83.4 cm³/mol. The lowest BCUT2D eigenvalue weighted by Gasteiger charge is -2.04. The minimum absolute atomic E-state index is 0. The molecule has 8 heteroatoms.